The maximum absolute atomic E-state index is 12.0. The summed E-state index contributed by atoms with van der Waals surface area (Å²) >= 11 is 0. The van der Waals surface area contributed by atoms with Crippen molar-refractivity contribution in [1.82, 2.24) is 0 Å². The lowest BCUT2D eigenvalue weighted by molar-refractivity contribution is -0.171. The lowest BCUT2D eigenvalue weighted by Crippen LogP contribution is -2.42. The predicted molar refractivity (Wildman–Crippen MR) is 103 cm³/mol. The summed E-state index contributed by atoms with van der Waals surface area (Å²) in [6.07, 6.45) is 9.19. The van der Waals surface area contributed by atoms with Crippen molar-refractivity contribution in [3.8, 4) is 0 Å². The van der Waals surface area contributed by atoms with Gasteiger partial charge in [0.25, 0.3) is 0 Å². The summed E-state index contributed by atoms with van der Waals surface area (Å²) in [6, 6.07) is 0. The second-order valence-corrected chi connectivity index (χ2v) is 6.83. The number of aliphatic carboxylic acids is 2. The molecule has 0 atom stereocenters. The van der Waals surface area contributed by atoms with Gasteiger partial charge in [-0.25, -0.2) is 9.59 Å². The van der Waals surface area contributed by atoms with E-state index >= 15 is 0 Å². The molecule has 0 aliphatic rings. The quantitative estimate of drug-likeness (QED) is 0.304. The van der Waals surface area contributed by atoms with E-state index < -0.39 is 17.5 Å². The van der Waals surface area contributed by atoms with Gasteiger partial charge >= 0.3 is 11.9 Å². The molecule has 7 nitrogen and oxygen atoms in total. The number of ether oxygens (including phenoxy) is 3. The van der Waals surface area contributed by atoms with E-state index in [2.05, 4.69) is 13.8 Å². The molecule has 0 unspecified atom stereocenters. The molecule has 27 heavy (non-hydrogen) atoms. The summed E-state index contributed by atoms with van der Waals surface area (Å²) in [6.45, 7) is 4.81. The first-order valence-corrected chi connectivity index (χ1v) is 10.2. The number of carboxylic acids is 2. The van der Waals surface area contributed by atoms with Gasteiger partial charge in [-0.15, -0.1) is 0 Å². The van der Waals surface area contributed by atoms with Gasteiger partial charge in [0.1, 0.15) is 6.61 Å². The summed E-state index contributed by atoms with van der Waals surface area (Å²) < 4.78 is 16.1. The van der Waals surface area contributed by atoms with Gasteiger partial charge < -0.3 is 24.4 Å². The highest BCUT2D eigenvalue weighted by atomic mass is 16.6. The fourth-order valence-corrected chi connectivity index (χ4v) is 2.89. The second kappa shape index (κ2) is 17.0. The Morgan fingerprint density at radius 3 is 1.74 bits per heavy atom. The smallest absolute Gasteiger partial charge is 0.335 e. The predicted octanol–water partition coefficient (Wildman–Crippen LogP) is 3.89. The summed E-state index contributed by atoms with van der Waals surface area (Å²) in [7, 11) is 0. The molecule has 0 heterocycles. The molecule has 0 aliphatic carbocycles. The maximum Gasteiger partial charge on any atom is 0.335 e. The molecular formula is C20H38O7. The minimum Gasteiger partial charge on any atom is -0.480 e. The van der Waals surface area contributed by atoms with Crippen LogP contribution in [0.3, 0.4) is 0 Å². The van der Waals surface area contributed by atoms with Crippen molar-refractivity contribution in [3.63, 3.8) is 0 Å². The van der Waals surface area contributed by atoms with Crippen LogP contribution in [0.4, 0.5) is 0 Å². The number of carbonyl (C=O) groups is 2. The maximum atomic E-state index is 12.0. The molecule has 0 fully saturated rings. The molecule has 0 spiro atoms. The summed E-state index contributed by atoms with van der Waals surface area (Å²) in [5, 5.41) is 18.3. The molecule has 0 aromatic carbocycles. The highest BCUT2D eigenvalue weighted by Gasteiger charge is 2.38. The van der Waals surface area contributed by atoms with E-state index in [0.29, 0.717) is 12.8 Å². The van der Waals surface area contributed by atoms with Crippen LogP contribution in [-0.2, 0) is 23.8 Å². The van der Waals surface area contributed by atoms with Crippen LogP contribution in [-0.4, -0.2) is 60.8 Å². The Morgan fingerprint density at radius 2 is 1.26 bits per heavy atom. The van der Waals surface area contributed by atoms with Crippen LogP contribution in [0.25, 0.3) is 0 Å². The van der Waals surface area contributed by atoms with E-state index in [-0.39, 0.29) is 33.0 Å². The molecule has 0 bridgehead atoms. The van der Waals surface area contributed by atoms with Gasteiger partial charge in [0, 0.05) is 0 Å². The number of unbranched alkanes of at least 4 members (excludes halogenated alkanes) is 6. The zero-order valence-electron chi connectivity index (χ0n) is 17.0. The van der Waals surface area contributed by atoms with E-state index in [1.807, 2.05) is 0 Å². The van der Waals surface area contributed by atoms with Gasteiger partial charge in [-0.2, -0.15) is 0 Å². The molecule has 0 aromatic rings. The van der Waals surface area contributed by atoms with Gasteiger partial charge in [-0.3, -0.25) is 0 Å². The van der Waals surface area contributed by atoms with Crippen LogP contribution in [0.2, 0.25) is 0 Å². The Kier molecular flexibility index (Phi) is 16.2. The van der Waals surface area contributed by atoms with Crippen LogP contribution in [0.5, 0.6) is 0 Å². The summed E-state index contributed by atoms with van der Waals surface area (Å²) in [4.78, 5) is 22.3. The van der Waals surface area contributed by atoms with Gasteiger partial charge in [-0.1, -0.05) is 52.4 Å². The third-order valence-corrected chi connectivity index (χ3v) is 4.46. The Hall–Kier alpha value is -1.18. The molecule has 0 rings (SSSR count). The van der Waals surface area contributed by atoms with Gasteiger partial charge in [0.2, 0.25) is 0 Å². The summed E-state index contributed by atoms with van der Waals surface area (Å²) in [5.74, 6) is -1.91. The first-order valence-electron chi connectivity index (χ1n) is 10.2. The molecule has 0 aliphatic heterocycles. The molecule has 0 amide bonds. The van der Waals surface area contributed by atoms with Crippen molar-refractivity contribution >= 4 is 11.9 Å². The fraction of sp³-hybridized carbons (Fsp3) is 0.900. The standard InChI is InChI=1S/C20H38O7/c1-3-5-7-9-11-20(19(23)24,12-10-8-6-4-2)27-16-15-25-13-14-26-17-18(21)22/h3-17H2,1-2H3,(H,21,22)(H,23,24). The van der Waals surface area contributed by atoms with Crippen molar-refractivity contribution in [1.29, 1.82) is 0 Å². The zero-order chi connectivity index (χ0) is 20.4. The molecule has 2 N–H and O–H groups in total. The lowest BCUT2D eigenvalue weighted by Gasteiger charge is -2.30. The molecule has 0 saturated carbocycles. The first-order chi connectivity index (χ1) is 13.0. The molecular weight excluding hydrogens is 352 g/mol. The highest BCUT2D eigenvalue weighted by molar-refractivity contribution is 5.77. The van der Waals surface area contributed by atoms with Crippen molar-refractivity contribution in [2.75, 3.05) is 33.0 Å². The Morgan fingerprint density at radius 1 is 0.741 bits per heavy atom. The van der Waals surface area contributed by atoms with Crippen molar-refractivity contribution in [2.45, 2.75) is 83.7 Å². The second-order valence-electron chi connectivity index (χ2n) is 6.83. The lowest BCUT2D eigenvalue weighted by atomic mass is 9.89. The van der Waals surface area contributed by atoms with Crippen molar-refractivity contribution in [3.05, 3.63) is 0 Å². The average molecular weight is 391 g/mol. The fourth-order valence-electron chi connectivity index (χ4n) is 2.89. The molecule has 160 valence electrons. The number of rotatable bonds is 20. The van der Waals surface area contributed by atoms with E-state index in [9.17, 15) is 14.7 Å². The Labute approximate surface area is 163 Å². The Bertz CT molecular complexity index is 373. The van der Waals surface area contributed by atoms with E-state index in [4.69, 9.17) is 19.3 Å². The molecule has 0 radical (unpaired) electrons. The molecule has 0 saturated heterocycles. The number of carboxylic acid groups (broad SMARTS) is 2. The van der Waals surface area contributed by atoms with Crippen LogP contribution < -0.4 is 0 Å². The molecule has 7 heteroatoms. The third kappa shape index (κ3) is 13.6. The van der Waals surface area contributed by atoms with Crippen molar-refractivity contribution in [2.24, 2.45) is 0 Å². The Balaban J connectivity index is 4.35. The van der Waals surface area contributed by atoms with Crippen LogP contribution in [0, 0.1) is 0 Å². The van der Waals surface area contributed by atoms with Crippen LogP contribution >= 0.6 is 0 Å². The first kappa shape index (κ1) is 25.8. The van der Waals surface area contributed by atoms with Crippen molar-refractivity contribution < 1.29 is 34.0 Å². The molecule has 0 aromatic heterocycles. The zero-order valence-corrected chi connectivity index (χ0v) is 17.0. The van der Waals surface area contributed by atoms with Gasteiger partial charge in [0.05, 0.1) is 26.4 Å². The minimum absolute atomic E-state index is 0.185. The van der Waals surface area contributed by atoms with Gasteiger partial charge in [0.15, 0.2) is 5.60 Å². The number of hydrogen-bond acceptors (Lipinski definition) is 5. The SMILES string of the molecule is CCCCCCC(CCCCCC)(OCCOCCOCC(=O)O)C(=O)O. The van der Waals surface area contributed by atoms with E-state index in [1.165, 1.54) is 0 Å². The van der Waals surface area contributed by atoms with E-state index in [1.54, 1.807) is 0 Å². The monoisotopic (exact) mass is 390 g/mol. The van der Waals surface area contributed by atoms with E-state index in [0.717, 1.165) is 51.4 Å². The minimum atomic E-state index is -1.13. The van der Waals surface area contributed by atoms with Crippen LogP contribution in [0.1, 0.15) is 78.1 Å². The highest BCUT2D eigenvalue weighted by Crippen LogP contribution is 2.27. The number of hydrogen-bond donors (Lipinski definition) is 2. The topological polar surface area (TPSA) is 102 Å². The summed E-state index contributed by atoms with van der Waals surface area (Å²) in [5.41, 5.74) is -1.13. The third-order valence-electron chi connectivity index (χ3n) is 4.46. The normalized spacial score (nSPS) is 11.6. The average Bonchev–Trinajstić information content (AvgIpc) is 2.63. The van der Waals surface area contributed by atoms with Gasteiger partial charge in [-0.05, 0) is 25.7 Å². The largest absolute Gasteiger partial charge is 0.480 e. The van der Waals surface area contributed by atoms with Crippen LogP contribution in [0.15, 0.2) is 0 Å².